The van der Waals surface area contributed by atoms with E-state index in [2.05, 4.69) is 10.1 Å². The molecule has 0 radical (unpaired) electrons. The largest absolute Gasteiger partial charge is 0.435 e. The van der Waals surface area contributed by atoms with Crippen LogP contribution in [-0.2, 0) is 6.54 Å². The molecule has 1 amide bonds. The lowest BCUT2D eigenvalue weighted by Crippen LogP contribution is -2.61. The molecule has 0 atom stereocenters. The van der Waals surface area contributed by atoms with Gasteiger partial charge in [0.05, 0.1) is 45.9 Å². The summed E-state index contributed by atoms with van der Waals surface area (Å²) in [7, 11) is -2.67. The molecule has 35 heavy (non-hydrogen) atoms. The Balaban J connectivity index is 1.79. The molecule has 4 N–H and O–H groups in total. The summed E-state index contributed by atoms with van der Waals surface area (Å²) >= 11 is 0. The maximum absolute atomic E-state index is 13.4. The Kier molecular flexibility index (Phi) is 6.20. The quantitative estimate of drug-likeness (QED) is 0.385. The molecule has 0 saturated carbocycles. The minimum Gasteiger partial charge on any atom is -0.435 e. The Morgan fingerprint density at radius 1 is 1.20 bits per heavy atom. The minimum absolute atomic E-state index is 0.0603. The van der Waals surface area contributed by atoms with E-state index in [-0.39, 0.29) is 35.1 Å². The number of carbonyl (C=O) groups excluding carboxylic acids is 1. The molecule has 2 aromatic carbocycles. The number of carbonyl (C=O) groups is 1. The van der Waals surface area contributed by atoms with Gasteiger partial charge >= 0.3 is 12.3 Å². The van der Waals surface area contributed by atoms with Gasteiger partial charge in [-0.15, -0.1) is 0 Å². The summed E-state index contributed by atoms with van der Waals surface area (Å²) in [6.07, 6.45) is 0. The van der Waals surface area contributed by atoms with Crippen molar-refractivity contribution in [1.29, 1.82) is 0 Å². The summed E-state index contributed by atoms with van der Waals surface area (Å²) in [5.41, 5.74) is -1.30. The number of nitrogens with one attached hydrogen (secondary N) is 1. The maximum Gasteiger partial charge on any atom is 0.387 e. The van der Waals surface area contributed by atoms with Crippen LogP contribution in [0.5, 0.6) is 5.75 Å². The second-order valence-electron chi connectivity index (χ2n) is 9.70. The van der Waals surface area contributed by atoms with Crippen molar-refractivity contribution in [2.75, 3.05) is 11.5 Å². The molecule has 12 heteroatoms. The molecular weight excluding hydrogens is 484 g/mol. The first-order valence-electron chi connectivity index (χ1n) is 10.8. The van der Waals surface area contributed by atoms with Gasteiger partial charge in [-0.3, -0.25) is 23.0 Å². The third-order valence-electron chi connectivity index (χ3n) is 5.55. The molecule has 4 rings (SSSR count). The molecule has 0 bridgehead atoms. The first-order valence-corrected chi connectivity index (χ1v) is 12.6. The highest BCUT2D eigenvalue weighted by atomic mass is 32.3. The fraction of sp³-hybridized carbons (Fsp3) is 0.391. The van der Waals surface area contributed by atoms with Gasteiger partial charge in [0.25, 0.3) is 5.91 Å². The molecule has 1 aliphatic rings. The van der Waals surface area contributed by atoms with Gasteiger partial charge in [-0.25, -0.2) is 4.79 Å². The van der Waals surface area contributed by atoms with E-state index in [0.717, 1.165) is 0 Å². The normalized spacial score (nSPS) is 17.7. The van der Waals surface area contributed by atoms with E-state index in [1.165, 1.54) is 53.3 Å². The van der Waals surface area contributed by atoms with Crippen LogP contribution in [0.1, 0.15) is 31.1 Å². The highest BCUT2D eigenvalue weighted by molar-refractivity contribution is 8.25. The zero-order valence-electron chi connectivity index (χ0n) is 19.4. The zero-order valence-corrected chi connectivity index (χ0v) is 20.2. The number of fused-ring (bicyclic) bond motifs is 1. The smallest absolute Gasteiger partial charge is 0.387 e. The fourth-order valence-electron chi connectivity index (χ4n) is 4.38. The van der Waals surface area contributed by atoms with Crippen LogP contribution >= 0.6 is 10.6 Å². The van der Waals surface area contributed by atoms with Gasteiger partial charge in [0, 0.05) is 11.6 Å². The number of ether oxygens (including phenoxy) is 1. The van der Waals surface area contributed by atoms with Gasteiger partial charge in [0.2, 0.25) is 0 Å². The maximum atomic E-state index is 13.4. The average Bonchev–Trinajstić information content (AvgIpc) is 2.95. The van der Waals surface area contributed by atoms with E-state index in [4.69, 9.17) is 0 Å². The van der Waals surface area contributed by atoms with E-state index >= 15 is 0 Å². The van der Waals surface area contributed by atoms with Crippen molar-refractivity contribution in [1.82, 2.24) is 14.5 Å². The van der Waals surface area contributed by atoms with Crippen LogP contribution in [-0.4, -0.2) is 58.5 Å². The van der Waals surface area contributed by atoms with E-state index in [1.807, 2.05) is 0 Å². The predicted octanol–water partition coefficient (Wildman–Crippen LogP) is 3.42. The van der Waals surface area contributed by atoms with Gasteiger partial charge in [0.1, 0.15) is 5.75 Å². The van der Waals surface area contributed by atoms with Gasteiger partial charge in [-0.1, -0.05) is 6.07 Å². The molecule has 3 aromatic rings. The van der Waals surface area contributed by atoms with Crippen LogP contribution in [0.2, 0.25) is 0 Å². The Labute approximate surface area is 201 Å². The van der Waals surface area contributed by atoms with Gasteiger partial charge < -0.3 is 15.2 Å². The number of rotatable bonds is 7. The van der Waals surface area contributed by atoms with Crippen LogP contribution in [0.25, 0.3) is 16.7 Å². The monoisotopic (exact) mass is 511 g/mol. The van der Waals surface area contributed by atoms with E-state index < -0.39 is 39.9 Å². The standard InChI is InChI=1S/C23H27F2N3O6S/c1-22(2,31)11-27-18-9-14(19(29)26-23(3)12-35(32,33)13-23)7-8-17(18)28(21(27)30)15-5-4-6-16(10-15)34-20(24)25/h4-10,20,31-33H,11-13H2,1-3H3,(H,26,29). The Morgan fingerprint density at radius 3 is 2.49 bits per heavy atom. The minimum atomic E-state index is -3.03. The Bertz CT molecular complexity index is 1340. The molecule has 0 spiro atoms. The number of alkyl halides is 2. The third kappa shape index (κ3) is 5.35. The Morgan fingerprint density at radius 2 is 1.89 bits per heavy atom. The van der Waals surface area contributed by atoms with Crippen LogP contribution in [0, 0.1) is 0 Å². The van der Waals surface area contributed by atoms with Crippen molar-refractivity contribution in [3.63, 3.8) is 0 Å². The van der Waals surface area contributed by atoms with Gasteiger partial charge in [-0.05, 0) is 51.1 Å². The second-order valence-corrected chi connectivity index (χ2v) is 11.9. The lowest BCUT2D eigenvalue weighted by molar-refractivity contribution is -0.0498. The molecular formula is C23H27F2N3O6S. The number of hydrogen-bond donors (Lipinski definition) is 4. The molecule has 190 valence electrons. The van der Waals surface area contributed by atoms with E-state index in [0.29, 0.717) is 11.0 Å². The fourth-order valence-corrected chi connectivity index (χ4v) is 6.48. The number of halogens is 2. The molecule has 1 aromatic heterocycles. The molecule has 1 aliphatic heterocycles. The summed E-state index contributed by atoms with van der Waals surface area (Å²) in [6.45, 7) is 1.67. The lowest BCUT2D eigenvalue weighted by atomic mass is 10.1. The van der Waals surface area contributed by atoms with Crippen molar-refractivity contribution in [2.45, 2.75) is 45.1 Å². The molecule has 1 fully saturated rings. The van der Waals surface area contributed by atoms with Crippen molar-refractivity contribution in [3.05, 3.63) is 58.5 Å². The van der Waals surface area contributed by atoms with Gasteiger partial charge in [0.15, 0.2) is 0 Å². The zero-order chi connectivity index (χ0) is 25.8. The number of hydrogen-bond acceptors (Lipinski definition) is 6. The van der Waals surface area contributed by atoms with Crippen LogP contribution in [0.4, 0.5) is 8.78 Å². The summed E-state index contributed by atoms with van der Waals surface area (Å²) in [5, 5.41) is 13.2. The summed E-state index contributed by atoms with van der Waals surface area (Å²) in [6, 6.07) is 10.3. The third-order valence-corrected chi connectivity index (χ3v) is 7.75. The molecule has 1 saturated heterocycles. The topological polar surface area (TPSA) is 126 Å². The number of amides is 1. The number of imidazole rings is 1. The van der Waals surface area contributed by atoms with Gasteiger partial charge in [-0.2, -0.15) is 19.4 Å². The van der Waals surface area contributed by atoms with Crippen LogP contribution in [0.15, 0.2) is 47.3 Å². The van der Waals surface area contributed by atoms with Crippen LogP contribution in [0.3, 0.4) is 0 Å². The highest BCUT2D eigenvalue weighted by Crippen LogP contribution is 2.53. The lowest BCUT2D eigenvalue weighted by Gasteiger charge is -2.54. The first-order chi connectivity index (χ1) is 16.2. The van der Waals surface area contributed by atoms with Crippen molar-refractivity contribution >= 4 is 27.5 Å². The van der Waals surface area contributed by atoms with Crippen molar-refractivity contribution in [3.8, 4) is 11.4 Å². The van der Waals surface area contributed by atoms with Crippen LogP contribution < -0.4 is 15.7 Å². The average molecular weight is 512 g/mol. The molecule has 2 heterocycles. The highest BCUT2D eigenvalue weighted by Gasteiger charge is 2.45. The summed E-state index contributed by atoms with van der Waals surface area (Å²) in [5.74, 6) is -0.453. The Hall–Kier alpha value is -2.93. The molecule has 9 nitrogen and oxygen atoms in total. The second kappa shape index (κ2) is 8.63. The summed E-state index contributed by atoms with van der Waals surface area (Å²) < 4.78 is 51.9. The number of nitrogens with zero attached hydrogens (tertiary/aromatic N) is 2. The number of benzene rings is 2. The first kappa shape index (κ1) is 25.2. The summed E-state index contributed by atoms with van der Waals surface area (Å²) in [4.78, 5) is 26.3. The molecule has 0 unspecified atom stereocenters. The van der Waals surface area contributed by atoms with Crippen molar-refractivity contribution in [2.24, 2.45) is 0 Å². The number of aromatic nitrogens is 2. The van der Waals surface area contributed by atoms with E-state index in [9.17, 15) is 32.6 Å². The van der Waals surface area contributed by atoms with E-state index in [1.54, 1.807) is 19.1 Å². The predicted molar refractivity (Wildman–Crippen MR) is 129 cm³/mol. The number of aliphatic hydroxyl groups is 1. The SMILES string of the molecule is CC(C)(O)Cn1c(=O)n(-c2cccc(OC(F)F)c2)c2ccc(C(=O)NC3(C)CS(O)(O)C3)cc21. The van der Waals surface area contributed by atoms with Crippen molar-refractivity contribution < 1.29 is 32.5 Å². The molecule has 0 aliphatic carbocycles.